The molecule has 2 unspecified atom stereocenters. The third kappa shape index (κ3) is 5.30. The van der Waals surface area contributed by atoms with Crippen molar-refractivity contribution in [2.45, 2.75) is 46.1 Å². The quantitative estimate of drug-likeness (QED) is 0.482. The minimum absolute atomic E-state index is 0.466. The zero-order valence-corrected chi connectivity index (χ0v) is 8.59. The molecule has 12 heavy (non-hydrogen) atoms. The van der Waals surface area contributed by atoms with Gasteiger partial charge in [-0.3, -0.25) is 4.99 Å². The van der Waals surface area contributed by atoms with Gasteiger partial charge in [-0.05, 0) is 38.4 Å². The van der Waals surface area contributed by atoms with E-state index < -0.39 is 0 Å². The fraction of sp³-hybridized carbons (Fsp3) is 0.900. The van der Waals surface area contributed by atoms with Crippen LogP contribution in [0.2, 0.25) is 0 Å². The first kappa shape index (κ1) is 11.6. The summed E-state index contributed by atoms with van der Waals surface area (Å²) in [6.45, 7) is 7.39. The van der Waals surface area contributed by atoms with Gasteiger partial charge < -0.3 is 5.73 Å². The molecule has 0 spiro atoms. The molecule has 0 aliphatic heterocycles. The van der Waals surface area contributed by atoms with Crippen molar-refractivity contribution in [3.05, 3.63) is 0 Å². The van der Waals surface area contributed by atoms with Crippen LogP contribution in [0.15, 0.2) is 4.99 Å². The Kier molecular flexibility index (Phi) is 7.06. The van der Waals surface area contributed by atoms with E-state index in [1.165, 1.54) is 6.42 Å². The number of hydrogen-bond donors (Lipinski definition) is 1. The molecule has 0 radical (unpaired) electrons. The summed E-state index contributed by atoms with van der Waals surface area (Å²) in [5, 5.41) is 0. The van der Waals surface area contributed by atoms with Gasteiger partial charge in [0, 0.05) is 6.04 Å². The van der Waals surface area contributed by atoms with Crippen molar-refractivity contribution in [3.63, 3.8) is 0 Å². The summed E-state index contributed by atoms with van der Waals surface area (Å²) in [5.74, 6) is 0.694. The van der Waals surface area contributed by atoms with Crippen molar-refractivity contribution in [1.82, 2.24) is 0 Å². The molecule has 0 rings (SSSR count). The number of rotatable bonds is 6. The van der Waals surface area contributed by atoms with Crippen LogP contribution in [0.25, 0.3) is 0 Å². The monoisotopic (exact) mass is 170 g/mol. The van der Waals surface area contributed by atoms with E-state index in [-0.39, 0.29) is 0 Å². The number of hydrogen-bond acceptors (Lipinski definition) is 2. The summed E-state index contributed by atoms with van der Waals surface area (Å²) in [4.78, 5) is 4.45. The first-order valence-electron chi connectivity index (χ1n) is 4.94. The van der Waals surface area contributed by atoms with Crippen molar-refractivity contribution in [3.8, 4) is 0 Å². The molecule has 2 atom stereocenters. The maximum Gasteiger partial charge on any atom is 0.0492 e. The summed E-state index contributed by atoms with van der Waals surface area (Å²) >= 11 is 0. The maximum atomic E-state index is 5.37. The molecule has 0 amide bonds. The Morgan fingerprint density at radius 2 is 2.08 bits per heavy atom. The number of aliphatic imine (C=N–C) groups is 1. The average Bonchev–Trinajstić information content (AvgIpc) is 2.10. The predicted octanol–water partition coefficient (Wildman–Crippen LogP) is 2.23. The Labute approximate surface area is 76.3 Å². The minimum atomic E-state index is 0.466. The topological polar surface area (TPSA) is 38.4 Å². The second-order valence-electron chi connectivity index (χ2n) is 3.39. The van der Waals surface area contributed by atoms with Gasteiger partial charge in [-0.2, -0.15) is 0 Å². The van der Waals surface area contributed by atoms with Gasteiger partial charge >= 0.3 is 0 Å². The summed E-state index contributed by atoms with van der Waals surface area (Å²) in [6, 6.07) is 0.466. The number of unbranched alkanes of at least 4 members (excludes halogenated alkanes) is 1. The van der Waals surface area contributed by atoms with E-state index in [9.17, 15) is 0 Å². The smallest absolute Gasteiger partial charge is 0.0492 e. The lowest BCUT2D eigenvalue weighted by molar-refractivity contribution is 0.472. The second kappa shape index (κ2) is 7.29. The van der Waals surface area contributed by atoms with Crippen LogP contribution in [-0.2, 0) is 0 Å². The lowest BCUT2D eigenvalue weighted by atomic mass is 10.0. The average molecular weight is 170 g/mol. The largest absolute Gasteiger partial charge is 0.330 e. The fourth-order valence-electron chi connectivity index (χ4n) is 0.938. The molecule has 0 aliphatic carbocycles. The molecule has 0 aromatic rings. The molecule has 0 heterocycles. The van der Waals surface area contributed by atoms with E-state index in [2.05, 4.69) is 25.8 Å². The Hall–Kier alpha value is -0.370. The molecule has 2 nitrogen and oxygen atoms in total. The summed E-state index contributed by atoms with van der Waals surface area (Å²) in [7, 11) is 0. The van der Waals surface area contributed by atoms with Crippen LogP contribution in [0.4, 0.5) is 0 Å². The molecule has 2 heteroatoms. The van der Waals surface area contributed by atoms with Crippen molar-refractivity contribution < 1.29 is 0 Å². The molecule has 0 saturated carbocycles. The van der Waals surface area contributed by atoms with Crippen LogP contribution in [0, 0.1) is 5.92 Å². The molecule has 0 bridgehead atoms. The van der Waals surface area contributed by atoms with Crippen LogP contribution in [0.5, 0.6) is 0 Å². The highest BCUT2D eigenvalue weighted by Crippen LogP contribution is 2.09. The summed E-state index contributed by atoms with van der Waals surface area (Å²) in [6.07, 6.45) is 5.30. The lowest BCUT2D eigenvalue weighted by Gasteiger charge is -2.12. The highest BCUT2D eigenvalue weighted by Gasteiger charge is 2.06. The van der Waals surface area contributed by atoms with Crippen LogP contribution >= 0.6 is 0 Å². The SMILES string of the molecule is CCC(C)C(C)/N=C/CCCN. The summed E-state index contributed by atoms with van der Waals surface area (Å²) < 4.78 is 0. The molecule has 72 valence electrons. The third-order valence-corrected chi connectivity index (χ3v) is 2.35. The first-order valence-corrected chi connectivity index (χ1v) is 4.94. The Bertz CT molecular complexity index is 121. The maximum absolute atomic E-state index is 5.37. The van der Waals surface area contributed by atoms with Crippen molar-refractivity contribution in [1.29, 1.82) is 0 Å². The highest BCUT2D eigenvalue weighted by atomic mass is 14.8. The van der Waals surface area contributed by atoms with Crippen molar-refractivity contribution in [2.75, 3.05) is 6.54 Å². The molecular formula is C10H22N2. The second-order valence-corrected chi connectivity index (χ2v) is 3.39. The Balaban J connectivity index is 3.52. The molecule has 2 N–H and O–H groups in total. The molecule has 0 saturated heterocycles. The van der Waals surface area contributed by atoms with E-state index >= 15 is 0 Å². The van der Waals surface area contributed by atoms with Crippen molar-refractivity contribution >= 4 is 6.21 Å². The van der Waals surface area contributed by atoms with Crippen molar-refractivity contribution in [2.24, 2.45) is 16.6 Å². The number of nitrogens with two attached hydrogens (primary N) is 1. The lowest BCUT2D eigenvalue weighted by Crippen LogP contribution is -2.10. The zero-order valence-electron chi connectivity index (χ0n) is 8.59. The van der Waals surface area contributed by atoms with Crippen LogP contribution < -0.4 is 5.73 Å². The summed E-state index contributed by atoms with van der Waals surface area (Å²) in [5.41, 5.74) is 5.37. The molecule has 0 fully saturated rings. The number of nitrogens with zero attached hydrogens (tertiary/aromatic N) is 1. The fourth-order valence-corrected chi connectivity index (χ4v) is 0.938. The van der Waals surface area contributed by atoms with Gasteiger partial charge in [0.05, 0.1) is 0 Å². The highest BCUT2D eigenvalue weighted by molar-refractivity contribution is 5.57. The molecule has 0 aliphatic rings. The van der Waals surface area contributed by atoms with E-state index in [4.69, 9.17) is 5.73 Å². The van der Waals surface area contributed by atoms with E-state index in [0.717, 1.165) is 19.4 Å². The molecular weight excluding hydrogens is 148 g/mol. The van der Waals surface area contributed by atoms with Crippen LogP contribution in [-0.4, -0.2) is 18.8 Å². The first-order chi connectivity index (χ1) is 5.72. The van der Waals surface area contributed by atoms with Gasteiger partial charge in [-0.1, -0.05) is 20.3 Å². The standard InChI is InChI=1S/C10H22N2/c1-4-9(2)10(3)12-8-6-5-7-11/h8-10H,4-7,11H2,1-3H3/b12-8+. The van der Waals surface area contributed by atoms with Gasteiger partial charge in [0.15, 0.2) is 0 Å². The van der Waals surface area contributed by atoms with Gasteiger partial charge in [0.2, 0.25) is 0 Å². The van der Waals surface area contributed by atoms with Gasteiger partial charge in [-0.15, -0.1) is 0 Å². The van der Waals surface area contributed by atoms with Crippen LogP contribution in [0.3, 0.4) is 0 Å². The van der Waals surface area contributed by atoms with E-state index in [1.807, 2.05) is 6.21 Å². The van der Waals surface area contributed by atoms with Gasteiger partial charge in [0.25, 0.3) is 0 Å². The van der Waals surface area contributed by atoms with Gasteiger partial charge in [-0.25, -0.2) is 0 Å². The van der Waals surface area contributed by atoms with Gasteiger partial charge in [0.1, 0.15) is 0 Å². The van der Waals surface area contributed by atoms with E-state index in [0.29, 0.717) is 12.0 Å². The zero-order chi connectivity index (χ0) is 9.40. The minimum Gasteiger partial charge on any atom is -0.330 e. The third-order valence-electron chi connectivity index (χ3n) is 2.35. The Morgan fingerprint density at radius 3 is 2.58 bits per heavy atom. The Morgan fingerprint density at radius 1 is 1.42 bits per heavy atom. The van der Waals surface area contributed by atoms with E-state index in [1.54, 1.807) is 0 Å². The molecule has 0 aromatic heterocycles. The predicted molar refractivity (Wildman–Crippen MR) is 55.7 cm³/mol. The van der Waals surface area contributed by atoms with Crippen LogP contribution in [0.1, 0.15) is 40.0 Å². The normalized spacial score (nSPS) is 16.7. The molecule has 0 aromatic carbocycles.